The van der Waals surface area contributed by atoms with Crippen LogP contribution in [0, 0.1) is 18.6 Å². The van der Waals surface area contributed by atoms with E-state index < -0.39 is 23.8 Å². The number of phenols is 1. The van der Waals surface area contributed by atoms with Gasteiger partial charge in [-0.1, -0.05) is 43.3 Å². The van der Waals surface area contributed by atoms with Crippen LogP contribution < -0.4 is 5.73 Å². The van der Waals surface area contributed by atoms with Gasteiger partial charge >= 0.3 is 0 Å². The number of benzene rings is 3. The summed E-state index contributed by atoms with van der Waals surface area (Å²) in [5.41, 5.74) is 9.90. The van der Waals surface area contributed by atoms with Crippen LogP contribution in [0.25, 0.3) is 0 Å². The van der Waals surface area contributed by atoms with Crippen LogP contribution in [0.5, 0.6) is 5.75 Å². The first-order chi connectivity index (χ1) is 16.6. The Morgan fingerprint density at radius 2 is 1.66 bits per heavy atom. The highest BCUT2D eigenvalue weighted by atomic mass is 19.1. The lowest BCUT2D eigenvalue weighted by Crippen LogP contribution is -2.46. The fourth-order valence-electron chi connectivity index (χ4n) is 3.97. The molecule has 0 aromatic heterocycles. The summed E-state index contributed by atoms with van der Waals surface area (Å²) in [4.78, 5) is 14.8. The van der Waals surface area contributed by atoms with Crippen molar-refractivity contribution in [2.45, 2.75) is 51.8 Å². The number of aliphatic hydroxyl groups is 1. The summed E-state index contributed by atoms with van der Waals surface area (Å²) >= 11 is 0. The van der Waals surface area contributed by atoms with E-state index >= 15 is 0 Å². The maximum Gasteiger partial charge on any atom is 0.227 e. The number of phenolic OH excluding ortho intramolecular Hbond substituents is 1. The van der Waals surface area contributed by atoms with Crippen LogP contribution in [0.15, 0.2) is 60.7 Å². The van der Waals surface area contributed by atoms with E-state index in [4.69, 9.17) is 5.73 Å². The molecule has 0 bridgehead atoms. The second-order valence-electron chi connectivity index (χ2n) is 8.96. The van der Waals surface area contributed by atoms with Gasteiger partial charge in [0.25, 0.3) is 0 Å². The number of nitrogens with two attached hydrogens (primary N) is 1. The molecule has 3 aromatic carbocycles. The van der Waals surface area contributed by atoms with Gasteiger partial charge in [0, 0.05) is 25.2 Å². The number of hydrogen-bond acceptors (Lipinski definition) is 4. The second-order valence-corrected chi connectivity index (χ2v) is 8.96. The van der Waals surface area contributed by atoms with E-state index in [0.717, 1.165) is 23.6 Å². The molecule has 1 amide bonds. The summed E-state index contributed by atoms with van der Waals surface area (Å²) in [6, 6.07) is 15.2. The number of carbonyl (C=O) groups excluding carboxylic acids is 1. The lowest BCUT2D eigenvalue weighted by atomic mass is 10.0. The van der Waals surface area contributed by atoms with Crippen molar-refractivity contribution in [1.29, 1.82) is 0 Å². The van der Waals surface area contributed by atoms with Gasteiger partial charge in [-0.3, -0.25) is 4.79 Å². The summed E-state index contributed by atoms with van der Waals surface area (Å²) in [6.45, 7) is 4.04. The van der Waals surface area contributed by atoms with Gasteiger partial charge in [-0.15, -0.1) is 0 Å². The lowest BCUT2D eigenvalue weighted by Gasteiger charge is -2.28. The number of halogens is 2. The Morgan fingerprint density at radius 1 is 0.971 bits per heavy atom. The van der Waals surface area contributed by atoms with Crippen LogP contribution in [-0.2, 0) is 30.6 Å². The van der Waals surface area contributed by atoms with Crippen molar-refractivity contribution in [3.05, 3.63) is 100 Å². The van der Waals surface area contributed by atoms with Crippen molar-refractivity contribution < 1.29 is 23.8 Å². The first-order valence-electron chi connectivity index (χ1n) is 11.7. The maximum atomic E-state index is 13.5. The number of carbonyl (C=O) groups is 1. The molecule has 0 fully saturated rings. The highest BCUT2D eigenvalue weighted by Gasteiger charge is 2.23. The van der Waals surface area contributed by atoms with Crippen LogP contribution in [0.4, 0.5) is 8.78 Å². The minimum absolute atomic E-state index is 0.0401. The van der Waals surface area contributed by atoms with E-state index in [1.54, 1.807) is 25.1 Å². The van der Waals surface area contributed by atoms with E-state index in [0.29, 0.717) is 16.7 Å². The fourth-order valence-corrected chi connectivity index (χ4v) is 3.97. The Kier molecular flexibility index (Phi) is 8.95. The number of rotatable bonds is 10. The quantitative estimate of drug-likeness (QED) is 0.407. The molecular weight excluding hydrogens is 450 g/mol. The molecule has 4 N–H and O–H groups in total. The number of aliphatic hydroxyl groups excluding tert-OH is 1. The number of aromatic hydroxyl groups is 1. The molecule has 186 valence electrons. The van der Waals surface area contributed by atoms with Crippen LogP contribution in [0.1, 0.15) is 34.7 Å². The normalized spacial score (nSPS) is 12.9. The third-order valence-electron chi connectivity index (χ3n) is 6.05. The smallest absolute Gasteiger partial charge is 0.227 e. The molecule has 0 aliphatic carbocycles. The van der Waals surface area contributed by atoms with Crippen LogP contribution in [0.2, 0.25) is 0 Å². The Hall–Kier alpha value is -3.29. The van der Waals surface area contributed by atoms with Gasteiger partial charge < -0.3 is 20.8 Å². The molecule has 0 saturated heterocycles. The largest absolute Gasteiger partial charge is 0.508 e. The van der Waals surface area contributed by atoms with Gasteiger partial charge in [-0.05, 0) is 65.8 Å². The lowest BCUT2D eigenvalue weighted by molar-refractivity contribution is -0.132. The third-order valence-corrected chi connectivity index (χ3v) is 6.05. The molecule has 0 spiro atoms. The SMILES string of the molecule is CCc1cccc(CN(C[C@@H](O)[C@@H](N)Cc2cc(F)cc(F)c2)C(=O)Cc2ccc(C)c(O)c2)c1. The molecule has 35 heavy (non-hydrogen) atoms. The molecule has 7 heteroatoms. The molecule has 0 radical (unpaired) electrons. The number of nitrogens with zero attached hydrogens (tertiary/aromatic N) is 1. The van der Waals surface area contributed by atoms with Gasteiger partial charge in [-0.25, -0.2) is 8.78 Å². The van der Waals surface area contributed by atoms with Gasteiger partial charge in [0.05, 0.1) is 12.5 Å². The minimum atomic E-state index is -1.12. The first kappa shape index (κ1) is 26.3. The second kappa shape index (κ2) is 11.9. The average Bonchev–Trinajstić information content (AvgIpc) is 2.80. The van der Waals surface area contributed by atoms with E-state index in [9.17, 15) is 23.8 Å². The molecule has 0 aliphatic rings. The first-order valence-corrected chi connectivity index (χ1v) is 11.7. The van der Waals surface area contributed by atoms with Crippen molar-refractivity contribution in [2.75, 3.05) is 6.54 Å². The summed E-state index contributed by atoms with van der Waals surface area (Å²) < 4.78 is 27.1. The molecular formula is C28H32F2N2O3. The number of aryl methyl sites for hydroxylation is 2. The van der Waals surface area contributed by atoms with Gasteiger partial charge in [0.2, 0.25) is 5.91 Å². The molecule has 0 unspecified atom stereocenters. The van der Waals surface area contributed by atoms with E-state index in [1.165, 1.54) is 17.0 Å². The maximum absolute atomic E-state index is 13.5. The molecule has 2 atom stereocenters. The monoisotopic (exact) mass is 482 g/mol. The van der Waals surface area contributed by atoms with Crippen LogP contribution >= 0.6 is 0 Å². The molecule has 3 aromatic rings. The van der Waals surface area contributed by atoms with E-state index in [2.05, 4.69) is 0 Å². The molecule has 3 rings (SSSR count). The summed E-state index contributed by atoms with van der Waals surface area (Å²) in [7, 11) is 0. The Bertz CT molecular complexity index is 1150. The number of amides is 1. The zero-order valence-electron chi connectivity index (χ0n) is 20.0. The minimum Gasteiger partial charge on any atom is -0.508 e. The summed E-state index contributed by atoms with van der Waals surface area (Å²) in [5, 5.41) is 20.8. The van der Waals surface area contributed by atoms with Crippen molar-refractivity contribution in [3.8, 4) is 5.75 Å². The van der Waals surface area contributed by atoms with Crippen molar-refractivity contribution in [1.82, 2.24) is 4.90 Å². The van der Waals surface area contributed by atoms with E-state index in [1.807, 2.05) is 31.2 Å². The Morgan fingerprint density at radius 3 is 2.31 bits per heavy atom. The van der Waals surface area contributed by atoms with Gasteiger partial charge in [0.1, 0.15) is 17.4 Å². The average molecular weight is 483 g/mol. The zero-order valence-corrected chi connectivity index (χ0v) is 20.0. The van der Waals surface area contributed by atoms with Crippen molar-refractivity contribution in [2.24, 2.45) is 5.73 Å². The highest BCUT2D eigenvalue weighted by Crippen LogP contribution is 2.19. The fraction of sp³-hybridized carbons (Fsp3) is 0.321. The topological polar surface area (TPSA) is 86.8 Å². The summed E-state index contributed by atoms with van der Waals surface area (Å²) in [6.07, 6.45) is -0.179. The molecule has 0 aliphatic heterocycles. The number of hydrogen-bond donors (Lipinski definition) is 3. The Labute approximate surface area is 204 Å². The zero-order chi connectivity index (χ0) is 25.5. The van der Waals surface area contributed by atoms with Crippen LogP contribution in [0.3, 0.4) is 0 Å². The van der Waals surface area contributed by atoms with Gasteiger partial charge in [0.15, 0.2) is 0 Å². The van der Waals surface area contributed by atoms with Crippen molar-refractivity contribution in [3.63, 3.8) is 0 Å². The predicted molar refractivity (Wildman–Crippen MR) is 132 cm³/mol. The van der Waals surface area contributed by atoms with Gasteiger partial charge in [-0.2, -0.15) is 0 Å². The van der Waals surface area contributed by atoms with E-state index in [-0.39, 0.29) is 37.6 Å². The molecule has 5 nitrogen and oxygen atoms in total. The highest BCUT2D eigenvalue weighted by molar-refractivity contribution is 5.79. The summed E-state index contributed by atoms with van der Waals surface area (Å²) in [5.74, 6) is -1.55. The molecule has 0 saturated carbocycles. The van der Waals surface area contributed by atoms with Crippen molar-refractivity contribution >= 4 is 5.91 Å². The molecule has 0 heterocycles. The standard InChI is InChI=1S/C28H32F2N2O3/c1-3-19-5-4-6-21(9-19)16-32(28(35)14-20-8-7-18(2)26(33)13-20)17-27(34)25(31)12-22-10-23(29)15-24(30)11-22/h4-11,13,15,25,27,33-34H,3,12,14,16-17,31H2,1-2H3/t25-,27+/m0/s1. The predicted octanol–water partition coefficient (Wildman–Crippen LogP) is 4.04. The Balaban J connectivity index is 1.77. The third kappa shape index (κ3) is 7.60. The van der Waals surface area contributed by atoms with Crippen LogP contribution in [-0.4, -0.2) is 39.7 Å².